The Hall–Kier alpha value is -3.29. The molecule has 1 aromatic heterocycles. The minimum absolute atomic E-state index is 0.436. The minimum atomic E-state index is -0.436. The van der Waals surface area contributed by atoms with Gasteiger partial charge in [0, 0.05) is 27.6 Å². The molecule has 2 heterocycles. The average molecular weight is 463 g/mol. The first-order chi connectivity index (χ1) is 15.7. The number of para-hydroxylation sites is 1. The van der Waals surface area contributed by atoms with Crippen LogP contribution in [0.3, 0.4) is 0 Å². The van der Waals surface area contributed by atoms with E-state index in [4.69, 9.17) is 26.1 Å². The number of aromatic nitrogens is 3. The largest absolute Gasteiger partial charge is 0.497 e. The Labute approximate surface area is 195 Å². The van der Waals surface area contributed by atoms with Crippen LogP contribution < -0.4 is 14.8 Å². The Kier molecular flexibility index (Phi) is 5.83. The summed E-state index contributed by atoms with van der Waals surface area (Å²) in [4.78, 5) is 4.69. The molecule has 1 atom stereocenters. The fourth-order valence-corrected chi connectivity index (χ4v) is 4.23. The number of nitrogens with one attached hydrogen (secondary N) is 1. The van der Waals surface area contributed by atoms with Gasteiger partial charge in [0.2, 0.25) is 11.0 Å². The van der Waals surface area contributed by atoms with E-state index in [1.54, 1.807) is 7.11 Å². The standard InChI is InChI=1S/C24H19ClN4O2S/c1-30-18-12-8-16(9-13-18)22-26-20-5-3-2-4-19(20)21-23(31-22)27-24(29-28-21)32-14-15-6-10-17(25)11-7-15/h2-13,22,26H,14H2,1H3/t22-/m1/s1. The number of thioether (sulfide) groups is 1. The molecule has 8 heteroatoms. The van der Waals surface area contributed by atoms with Gasteiger partial charge in [0.25, 0.3) is 0 Å². The smallest absolute Gasteiger partial charge is 0.247 e. The van der Waals surface area contributed by atoms with Gasteiger partial charge >= 0.3 is 0 Å². The lowest BCUT2D eigenvalue weighted by atomic mass is 10.1. The molecule has 32 heavy (non-hydrogen) atoms. The molecule has 4 aromatic rings. The van der Waals surface area contributed by atoms with E-state index in [9.17, 15) is 0 Å². The molecule has 0 radical (unpaired) electrons. The van der Waals surface area contributed by atoms with Crippen molar-refractivity contribution in [3.05, 3.63) is 88.9 Å². The Bertz CT molecular complexity index is 1240. The number of methoxy groups -OCH3 is 1. The molecule has 0 fully saturated rings. The second-order valence-electron chi connectivity index (χ2n) is 7.12. The first-order valence-corrected chi connectivity index (χ1v) is 11.3. The lowest BCUT2D eigenvalue weighted by molar-refractivity contribution is 0.225. The van der Waals surface area contributed by atoms with E-state index < -0.39 is 6.23 Å². The molecule has 1 N–H and O–H groups in total. The van der Waals surface area contributed by atoms with Crippen molar-refractivity contribution < 1.29 is 9.47 Å². The Morgan fingerprint density at radius 2 is 1.78 bits per heavy atom. The van der Waals surface area contributed by atoms with E-state index in [0.717, 1.165) is 28.1 Å². The van der Waals surface area contributed by atoms with Gasteiger partial charge in [0.15, 0.2) is 11.9 Å². The van der Waals surface area contributed by atoms with Crippen LogP contribution in [0.4, 0.5) is 5.69 Å². The van der Waals surface area contributed by atoms with Gasteiger partial charge < -0.3 is 14.8 Å². The van der Waals surface area contributed by atoms with Crippen LogP contribution in [-0.2, 0) is 5.75 Å². The van der Waals surface area contributed by atoms with Gasteiger partial charge in [0.05, 0.1) is 7.11 Å². The highest BCUT2D eigenvalue weighted by Gasteiger charge is 2.26. The van der Waals surface area contributed by atoms with Crippen molar-refractivity contribution in [1.82, 2.24) is 15.2 Å². The zero-order valence-electron chi connectivity index (χ0n) is 17.2. The van der Waals surface area contributed by atoms with Gasteiger partial charge in [-0.2, -0.15) is 4.98 Å². The maximum atomic E-state index is 6.31. The van der Waals surface area contributed by atoms with Crippen molar-refractivity contribution >= 4 is 29.1 Å². The highest BCUT2D eigenvalue weighted by molar-refractivity contribution is 7.98. The second-order valence-corrected chi connectivity index (χ2v) is 8.50. The number of anilines is 1. The number of benzene rings is 3. The molecule has 0 bridgehead atoms. The minimum Gasteiger partial charge on any atom is -0.497 e. The first kappa shape index (κ1) is 20.6. The van der Waals surface area contributed by atoms with Crippen molar-refractivity contribution in [1.29, 1.82) is 0 Å². The van der Waals surface area contributed by atoms with Crippen LogP contribution in [0.15, 0.2) is 78.0 Å². The van der Waals surface area contributed by atoms with Gasteiger partial charge in [-0.25, -0.2) is 0 Å². The summed E-state index contributed by atoms with van der Waals surface area (Å²) in [6, 6.07) is 23.4. The molecule has 5 rings (SSSR count). The molecule has 160 valence electrons. The van der Waals surface area contributed by atoms with Crippen molar-refractivity contribution in [3.8, 4) is 22.9 Å². The highest BCUT2D eigenvalue weighted by atomic mass is 35.5. The molecule has 0 saturated heterocycles. The summed E-state index contributed by atoms with van der Waals surface area (Å²) >= 11 is 7.47. The van der Waals surface area contributed by atoms with Gasteiger partial charge in [-0.05, 0) is 48.0 Å². The number of halogens is 1. The molecule has 0 amide bonds. The molecule has 1 aliphatic rings. The molecule has 0 unspecified atom stereocenters. The van der Waals surface area contributed by atoms with Gasteiger partial charge in [-0.15, -0.1) is 10.2 Å². The SMILES string of the molecule is COc1ccc([C@@H]2Nc3ccccc3-c3nnc(SCc4ccc(Cl)cc4)nc3O2)cc1. The van der Waals surface area contributed by atoms with E-state index in [-0.39, 0.29) is 0 Å². The van der Waals surface area contributed by atoms with Crippen LogP contribution in [0.25, 0.3) is 11.3 Å². The third-order valence-electron chi connectivity index (χ3n) is 5.03. The second kappa shape index (κ2) is 9.06. The maximum Gasteiger partial charge on any atom is 0.247 e. The molecule has 6 nitrogen and oxygen atoms in total. The molecule has 0 spiro atoms. The average Bonchev–Trinajstić information content (AvgIpc) is 3.00. The van der Waals surface area contributed by atoms with Crippen LogP contribution in [0.1, 0.15) is 17.4 Å². The molecule has 1 aliphatic heterocycles. The van der Waals surface area contributed by atoms with Crippen LogP contribution in [0, 0.1) is 0 Å². The first-order valence-electron chi connectivity index (χ1n) is 9.98. The monoisotopic (exact) mass is 462 g/mol. The quantitative estimate of drug-likeness (QED) is 0.365. The molecule has 3 aromatic carbocycles. The van der Waals surface area contributed by atoms with Crippen molar-refractivity contribution in [2.24, 2.45) is 0 Å². The van der Waals surface area contributed by atoms with Crippen LogP contribution in [-0.4, -0.2) is 22.3 Å². The predicted octanol–water partition coefficient (Wildman–Crippen LogP) is 6.00. The zero-order chi connectivity index (χ0) is 21.9. The number of nitrogens with zero attached hydrogens (tertiary/aromatic N) is 3. The summed E-state index contributed by atoms with van der Waals surface area (Å²) in [5, 5.41) is 13.5. The van der Waals surface area contributed by atoms with E-state index in [1.807, 2.05) is 72.8 Å². The Balaban J connectivity index is 1.46. The number of ether oxygens (including phenoxy) is 2. The number of fused-ring (bicyclic) bond motifs is 3. The van der Waals surface area contributed by atoms with E-state index in [1.165, 1.54) is 11.8 Å². The fraction of sp³-hybridized carbons (Fsp3) is 0.125. The summed E-state index contributed by atoms with van der Waals surface area (Å²) in [7, 11) is 1.65. The van der Waals surface area contributed by atoms with Gasteiger partial charge in [-0.3, -0.25) is 0 Å². The van der Waals surface area contributed by atoms with Crippen molar-refractivity contribution in [3.63, 3.8) is 0 Å². The van der Waals surface area contributed by atoms with Crippen LogP contribution in [0.5, 0.6) is 11.6 Å². The molecular formula is C24H19ClN4O2S. The van der Waals surface area contributed by atoms with Crippen LogP contribution >= 0.6 is 23.4 Å². The van der Waals surface area contributed by atoms with E-state index in [2.05, 4.69) is 15.5 Å². The summed E-state index contributed by atoms with van der Waals surface area (Å²) in [6.07, 6.45) is -0.436. The molecular weight excluding hydrogens is 444 g/mol. The van der Waals surface area contributed by atoms with E-state index >= 15 is 0 Å². The lowest BCUT2D eigenvalue weighted by Crippen LogP contribution is -2.17. The summed E-state index contributed by atoms with van der Waals surface area (Å²) < 4.78 is 11.6. The van der Waals surface area contributed by atoms with Gasteiger partial charge in [-0.1, -0.05) is 53.7 Å². The molecule has 0 saturated carbocycles. The third-order valence-corrected chi connectivity index (χ3v) is 6.19. The van der Waals surface area contributed by atoms with Crippen molar-refractivity contribution in [2.75, 3.05) is 12.4 Å². The number of rotatable bonds is 5. The number of hydrogen-bond donors (Lipinski definition) is 1. The lowest BCUT2D eigenvalue weighted by Gasteiger charge is -2.19. The highest BCUT2D eigenvalue weighted by Crippen LogP contribution is 2.39. The topological polar surface area (TPSA) is 69.2 Å². The summed E-state index contributed by atoms with van der Waals surface area (Å²) in [5.74, 6) is 1.93. The number of hydrogen-bond acceptors (Lipinski definition) is 7. The Morgan fingerprint density at radius 1 is 1.00 bits per heavy atom. The van der Waals surface area contributed by atoms with Crippen LogP contribution in [0.2, 0.25) is 5.02 Å². The maximum absolute atomic E-state index is 6.31. The zero-order valence-corrected chi connectivity index (χ0v) is 18.7. The third kappa shape index (κ3) is 4.35. The summed E-state index contributed by atoms with van der Waals surface area (Å²) in [6.45, 7) is 0. The molecule has 0 aliphatic carbocycles. The van der Waals surface area contributed by atoms with E-state index in [0.29, 0.717) is 27.5 Å². The van der Waals surface area contributed by atoms with Crippen molar-refractivity contribution in [2.45, 2.75) is 17.1 Å². The normalized spacial score (nSPS) is 14.4. The predicted molar refractivity (Wildman–Crippen MR) is 126 cm³/mol. The summed E-state index contributed by atoms with van der Waals surface area (Å²) in [5.41, 5.74) is 4.49. The Morgan fingerprint density at radius 3 is 2.56 bits per heavy atom. The fourth-order valence-electron chi connectivity index (χ4n) is 3.37. The van der Waals surface area contributed by atoms with Gasteiger partial charge in [0.1, 0.15) is 5.75 Å².